The fourth-order valence-corrected chi connectivity index (χ4v) is 5.92. The van der Waals surface area contributed by atoms with Gasteiger partial charge in [-0.3, -0.25) is 4.79 Å². The van der Waals surface area contributed by atoms with Crippen molar-refractivity contribution in [1.29, 1.82) is 0 Å². The molecule has 1 N–H and O–H groups in total. The number of fused-ring (bicyclic) bond motifs is 2. The number of benzene rings is 5. The molecule has 5 aromatic rings. The summed E-state index contributed by atoms with van der Waals surface area (Å²) >= 11 is 0. The topological polar surface area (TPSA) is 41.6 Å². The number of aryl methyl sites for hydroxylation is 3. The van der Waals surface area contributed by atoms with Crippen molar-refractivity contribution in [3.63, 3.8) is 0 Å². The Morgan fingerprint density at radius 2 is 1.43 bits per heavy atom. The normalized spacial score (nSPS) is 12.4. The van der Waals surface area contributed by atoms with E-state index in [1.54, 1.807) is 0 Å². The number of para-hydroxylation sites is 1. The summed E-state index contributed by atoms with van der Waals surface area (Å²) in [6.45, 7) is 9.63. The summed E-state index contributed by atoms with van der Waals surface area (Å²) < 4.78 is 6.24. The van der Waals surface area contributed by atoms with E-state index in [2.05, 4.69) is 92.8 Å². The molecule has 0 unspecified atom stereocenters. The van der Waals surface area contributed by atoms with E-state index in [4.69, 9.17) is 4.74 Å². The van der Waals surface area contributed by atoms with Gasteiger partial charge in [-0.1, -0.05) is 105 Å². The highest BCUT2D eigenvalue weighted by Crippen LogP contribution is 2.42. The lowest BCUT2D eigenvalue weighted by Gasteiger charge is -2.25. The highest BCUT2D eigenvalue weighted by atomic mass is 16.5. The van der Waals surface area contributed by atoms with Crippen LogP contribution in [0.5, 0.6) is 5.75 Å². The number of amides is 1. The SMILES string of the molecule is Cc1cccc2c1Nc1c(C)cc(OCc3ccccc3)cc1N(CCCc1ccc(-c3ccc(C(C)C)cc3)cc1)C2=O. The molecular formula is C40H40N2O2. The fourth-order valence-electron chi connectivity index (χ4n) is 5.92. The van der Waals surface area contributed by atoms with Crippen LogP contribution in [0.2, 0.25) is 0 Å². The van der Waals surface area contributed by atoms with Gasteiger partial charge in [0, 0.05) is 12.6 Å². The Morgan fingerprint density at radius 1 is 0.727 bits per heavy atom. The standard InChI is InChI=1S/C40H40N2O2/c1-27(2)32-19-21-34(22-20-32)33-17-15-30(16-18-33)13-9-23-42-37-25-35(44-26-31-11-6-5-7-12-31)24-29(4)39(37)41-38-28(3)10-8-14-36(38)40(42)43/h5-8,10-12,14-22,24-25,27,41H,9,13,23,26H2,1-4H3. The zero-order chi connectivity index (χ0) is 30.6. The summed E-state index contributed by atoms with van der Waals surface area (Å²) in [6.07, 6.45) is 1.71. The lowest BCUT2D eigenvalue weighted by Crippen LogP contribution is -2.31. The number of carbonyl (C=O) groups excluding carboxylic acids is 1. The maximum atomic E-state index is 14.1. The minimum atomic E-state index is 0.00903. The van der Waals surface area contributed by atoms with Crippen molar-refractivity contribution in [2.75, 3.05) is 16.8 Å². The van der Waals surface area contributed by atoms with E-state index < -0.39 is 0 Å². The van der Waals surface area contributed by atoms with Crippen molar-refractivity contribution >= 4 is 23.0 Å². The Kier molecular flexibility index (Phi) is 8.51. The van der Waals surface area contributed by atoms with Crippen LogP contribution < -0.4 is 15.0 Å². The summed E-state index contributed by atoms with van der Waals surface area (Å²) in [5.41, 5.74) is 11.6. The molecule has 0 saturated heterocycles. The van der Waals surface area contributed by atoms with Gasteiger partial charge in [-0.25, -0.2) is 0 Å². The number of hydrogen-bond acceptors (Lipinski definition) is 3. The lowest BCUT2D eigenvalue weighted by atomic mass is 9.98. The van der Waals surface area contributed by atoms with Crippen LogP contribution >= 0.6 is 0 Å². The fraction of sp³-hybridized carbons (Fsp3) is 0.225. The maximum Gasteiger partial charge on any atom is 0.260 e. The quantitative estimate of drug-likeness (QED) is 0.189. The van der Waals surface area contributed by atoms with Gasteiger partial charge >= 0.3 is 0 Å². The number of anilines is 3. The molecule has 222 valence electrons. The highest BCUT2D eigenvalue weighted by Gasteiger charge is 2.29. The van der Waals surface area contributed by atoms with Crippen LogP contribution in [-0.4, -0.2) is 12.5 Å². The van der Waals surface area contributed by atoms with Gasteiger partial charge < -0.3 is 15.0 Å². The van der Waals surface area contributed by atoms with Crippen LogP contribution in [0.25, 0.3) is 11.1 Å². The van der Waals surface area contributed by atoms with E-state index in [0.29, 0.717) is 24.6 Å². The van der Waals surface area contributed by atoms with E-state index in [1.807, 2.05) is 54.3 Å². The summed E-state index contributed by atoms with van der Waals surface area (Å²) in [4.78, 5) is 16.0. The van der Waals surface area contributed by atoms with Gasteiger partial charge in [0.1, 0.15) is 12.4 Å². The van der Waals surface area contributed by atoms with Gasteiger partial charge in [0.25, 0.3) is 5.91 Å². The third-order valence-electron chi connectivity index (χ3n) is 8.54. The first-order valence-corrected chi connectivity index (χ1v) is 15.6. The van der Waals surface area contributed by atoms with Gasteiger partial charge in [-0.05, 0) is 83.7 Å². The van der Waals surface area contributed by atoms with Crippen LogP contribution in [0.4, 0.5) is 17.1 Å². The van der Waals surface area contributed by atoms with Crippen LogP contribution in [0.15, 0.2) is 109 Å². The van der Waals surface area contributed by atoms with Crippen molar-refractivity contribution in [3.8, 4) is 16.9 Å². The Hall–Kier alpha value is -4.83. The molecule has 44 heavy (non-hydrogen) atoms. The van der Waals surface area contributed by atoms with Crippen molar-refractivity contribution in [2.24, 2.45) is 0 Å². The minimum absolute atomic E-state index is 0.00903. The van der Waals surface area contributed by atoms with E-state index in [-0.39, 0.29) is 5.91 Å². The first-order chi connectivity index (χ1) is 21.4. The summed E-state index contributed by atoms with van der Waals surface area (Å²) in [5, 5.41) is 3.62. The second-order valence-electron chi connectivity index (χ2n) is 12.1. The molecule has 0 saturated carbocycles. The summed E-state index contributed by atoms with van der Waals surface area (Å²) in [7, 11) is 0. The molecule has 4 heteroatoms. The molecule has 1 aliphatic rings. The summed E-state index contributed by atoms with van der Waals surface area (Å²) in [5.74, 6) is 1.29. The molecule has 0 spiro atoms. The lowest BCUT2D eigenvalue weighted by molar-refractivity contribution is 0.0988. The molecule has 1 aliphatic heterocycles. The van der Waals surface area contributed by atoms with E-state index in [0.717, 1.165) is 52.3 Å². The van der Waals surface area contributed by atoms with E-state index in [9.17, 15) is 4.79 Å². The number of nitrogens with zero attached hydrogens (tertiary/aromatic N) is 1. The first kappa shape index (κ1) is 29.3. The van der Waals surface area contributed by atoms with Crippen molar-refractivity contribution in [2.45, 2.75) is 53.1 Å². The first-order valence-electron chi connectivity index (χ1n) is 15.6. The predicted octanol–water partition coefficient (Wildman–Crippen LogP) is 10.0. The third kappa shape index (κ3) is 6.26. The molecule has 0 aromatic heterocycles. The zero-order valence-electron chi connectivity index (χ0n) is 26.1. The number of rotatable bonds is 9. The zero-order valence-corrected chi connectivity index (χ0v) is 26.1. The number of carbonyl (C=O) groups is 1. The van der Waals surface area contributed by atoms with Crippen molar-refractivity contribution < 1.29 is 9.53 Å². The van der Waals surface area contributed by atoms with Gasteiger partial charge in [-0.2, -0.15) is 0 Å². The van der Waals surface area contributed by atoms with Gasteiger partial charge in [0.15, 0.2) is 0 Å². The van der Waals surface area contributed by atoms with Gasteiger partial charge in [-0.15, -0.1) is 0 Å². The monoisotopic (exact) mass is 580 g/mol. The predicted molar refractivity (Wildman–Crippen MR) is 182 cm³/mol. The number of nitrogens with one attached hydrogen (secondary N) is 1. The molecule has 5 aromatic carbocycles. The van der Waals surface area contributed by atoms with Crippen molar-refractivity contribution in [3.05, 3.63) is 143 Å². The molecule has 0 fully saturated rings. The molecule has 4 nitrogen and oxygen atoms in total. The average Bonchev–Trinajstić information content (AvgIpc) is 3.16. The molecule has 0 aliphatic carbocycles. The number of hydrogen-bond donors (Lipinski definition) is 1. The molecule has 1 amide bonds. The van der Waals surface area contributed by atoms with Crippen LogP contribution in [-0.2, 0) is 13.0 Å². The Labute approximate surface area is 261 Å². The average molecular weight is 581 g/mol. The largest absolute Gasteiger partial charge is 0.489 e. The molecule has 1 heterocycles. The smallest absolute Gasteiger partial charge is 0.260 e. The molecule has 6 rings (SSSR count). The van der Waals surface area contributed by atoms with Crippen LogP contribution in [0.3, 0.4) is 0 Å². The second kappa shape index (κ2) is 12.8. The highest BCUT2D eigenvalue weighted by molar-refractivity contribution is 6.14. The van der Waals surface area contributed by atoms with E-state index >= 15 is 0 Å². The van der Waals surface area contributed by atoms with E-state index in [1.165, 1.54) is 22.3 Å². The third-order valence-corrected chi connectivity index (χ3v) is 8.54. The van der Waals surface area contributed by atoms with Crippen molar-refractivity contribution in [1.82, 2.24) is 0 Å². The van der Waals surface area contributed by atoms with Gasteiger partial charge in [0.05, 0.1) is 22.6 Å². The Bertz CT molecular complexity index is 1760. The summed E-state index contributed by atoms with van der Waals surface area (Å²) in [6, 6.07) is 37.8. The van der Waals surface area contributed by atoms with Crippen LogP contribution in [0.1, 0.15) is 64.4 Å². The molecule has 0 bridgehead atoms. The Balaban J connectivity index is 1.23. The molecular weight excluding hydrogens is 540 g/mol. The molecule has 0 radical (unpaired) electrons. The molecule has 0 atom stereocenters. The number of ether oxygens (including phenoxy) is 1. The minimum Gasteiger partial charge on any atom is -0.489 e. The maximum absolute atomic E-state index is 14.1. The van der Waals surface area contributed by atoms with Crippen LogP contribution in [0, 0.1) is 13.8 Å². The second-order valence-corrected chi connectivity index (χ2v) is 12.1. The van der Waals surface area contributed by atoms with Gasteiger partial charge in [0.2, 0.25) is 0 Å². The Morgan fingerprint density at radius 3 is 2.14 bits per heavy atom.